The zero-order chi connectivity index (χ0) is 30.3. The van der Waals surface area contributed by atoms with Crippen molar-refractivity contribution in [2.24, 2.45) is 0 Å². The molecule has 1 fully saturated rings. The van der Waals surface area contributed by atoms with Gasteiger partial charge >= 0.3 is 6.03 Å². The van der Waals surface area contributed by atoms with Gasteiger partial charge in [0.25, 0.3) is 11.8 Å². The van der Waals surface area contributed by atoms with Gasteiger partial charge in [-0.15, -0.1) is 0 Å². The summed E-state index contributed by atoms with van der Waals surface area (Å²) in [7, 11) is 3.07. The van der Waals surface area contributed by atoms with Crippen LogP contribution in [-0.2, 0) is 22.8 Å². The van der Waals surface area contributed by atoms with Crippen molar-refractivity contribution in [3.63, 3.8) is 0 Å². The van der Waals surface area contributed by atoms with Crippen LogP contribution in [0.3, 0.4) is 0 Å². The molecule has 4 amide bonds. The van der Waals surface area contributed by atoms with Gasteiger partial charge in [-0.3, -0.25) is 14.9 Å². The Bertz CT molecular complexity index is 1690. The molecule has 43 heavy (non-hydrogen) atoms. The third-order valence-electron chi connectivity index (χ3n) is 6.56. The number of hydrogen-bond donors (Lipinski definition) is 1. The van der Waals surface area contributed by atoms with E-state index in [4.69, 9.17) is 30.5 Å². The molecule has 1 aliphatic heterocycles. The first-order valence-corrected chi connectivity index (χ1v) is 13.6. The first kappa shape index (κ1) is 29.2. The molecule has 1 saturated heterocycles. The molecule has 218 valence electrons. The minimum Gasteiger partial charge on any atom is -0.497 e. The fourth-order valence-electron chi connectivity index (χ4n) is 4.36. The number of amides is 4. The number of barbiturate groups is 1. The fourth-order valence-corrected chi connectivity index (χ4v) is 4.54. The molecule has 0 aromatic heterocycles. The molecule has 5 rings (SSSR count). The van der Waals surface area contributed by atoms with Crippen molar-refractivity contribution in [3.8, 4) is 23.0 Å². The molecule has 0 saturated carbocycles. The van der Waals surface area contributed by atoms with E-state index in [0.29, 0.717) is 40.2 Å². The summed E-state index contributed by atoms with van der Waals surface area (Å²) in [5.74, 6) is 0.428. The summed E-state index contributed by atoms with van der Waals surface area (Å²) in [6.45, 7) is 0.535. The Labute approximate surface area is 253 Å². The van der Waals surface area contributed by atoms with Gasteiger partial charge in [-0.25, -0.2) is 9.69 Å². The maximum atomic E-state index is 13.4. The van der Waals surface area contributed by atoms with Crippen molar-refractivity contribution in [3.05, 3.63) is 118 Å². The third-order valence-corrected chi connectivity index (χ3v) is 6.80. The Morgan fingerprint density at radius 2 is 1.44 bits per heavy atom. The molecular formula is C33H27ClN2O7. The second-order valence-electron chi connectivity index (χ2n) is 9.39. The summed E-state index contributed by atoms with van der Waals surface area (Å²) in [4.78, 5) is 39.6. The lowest BCUT2D eigenvalue weighted by atomic mass is 10.1. The smallest absolute Gasteiger partial charge is 0.335 e. The highest BCUT2D eigenvalue weighted by molar-refractivity contribution is 6.39. The number of carbonyl (C=O) groups is 3. The number of halogens is 1. The van der Waals surface area contributed by atoms with Gasteiger partial charge in [0.15, 0.2) is 11.5 Å². The maximum Gasteiger partial charge on any atom is 0.335 e. The molecule has 0 atom stereocenters. The third kappa shape index (κ3) is 6.79. The van der Waals surface area contributed by atoms with Crippen LogP contribution in [0.15, 0.2) is 96.6 Å². The Hall–Kier alpha value is -5.28. The lowest BCUT2D eigenvalue weighted by molar-refractivity contribution is -0.122. The highest BCUT2D eigenvalue weighted by Gasteiger charge is 2.37. The number of rotatable bonds is 10. The summed E-state index contributed by atoms with van der Waals surface area (Å²) < 4.78 is 22.7. The van der Waals surface area contributed by atoms with Crippen LogP contribution in [0.2, 0.25) is 5.02 Å². The standard InChI is InChI=1S/C33H27ClN2O7/c1-40-26-12-10-25(11-13-26)36-32(38)27(31(37)35-33(36)39)18-23-17-24(34)9-15-28(23)42-20-22-8-14-29(30(16-22)41-2)43-19-21-6-4-3-5-7-21/h3-18H,19-20H2,1-2H3,(H,35,37,39)/b27-18+. The van der Waals surface area contributed by atoms with Crippen molar-refractivity contribution in [2.75, 3.05) is 19.1 Å². The predicted molar refractivity (Wildman–Crippen MR) is 162 cm³/mol. The molecule has 9 nitrogen and oxygen atoms in total. The minimum absolute atomic E-state index is 0.143. The lowest BCUT2D eigenvalue weighted by Crippen LogP contribution is -2.54. The van der Waals surface area contributed by atoms with Crippen molar-refractivity contribution in [2.45, 2.75) is 13.2 Å². The quantitative estimate of drug-likeness (QED) is 0.172. The van der Waals surface area contributed by atoms with Crippen LogP contribution in [0.4, 0.5) is 10.5 Å². The van der Waals surface area contributed by atoms with Gasteiger partial charge in [-0.1, -0.05) is 48.0 Å². The van der Waals surface area contributed by atoms with E-state index in [0.717, 1.165) is 16.0 Å². The average molecular weight is 599 g/mol. The normalized spacial score (nSPS) is 14.0. The van der Waals surface area contributed by atoms with E-state index < -0.39 is 17.8 Å². The second kappa shape index (κ2) is 13.1. The number of anilines is 1. The van der Waals surface area contributed by atoms with E-state index in [-0.39, 0.29) is 17.9 Å². The molecule has 0 radical (unpaired) electrons. The zero-order valence-electron chi connectivity index (χ0n) is 23.3. The predicted octanol–water partition coefficient (Wildman–Crippen LogP) is 6.18. The number of ether oxygens (including phenoxy) is 4. The first-order chi connectivity index (χ1) is 20.9. The molecule has 0 unspecified atom stereocenters. The largest absolute Gasteiger partial charge is 0.497 e. The van der Waals surface area contributed by atoms with Crippen molar-refractivity contribution < 1.29 is 33.3 Å². The number of benzene rings is 4. The minimum atomic E-state index is -0.856. The van der Waals surface area contributed by atoms with E-state index in [9.17, 15) is 14.4 Å². The summed E-state index contributed by atoms with van der Waals surface area (Å²) in [6, 6.07) is 25.6. The van der Waals surface area contributed by atoms with Crippen LogP contribution < -0.4 is 29.2 Å². The zero-order valence-corrected chi connectivity index (χ0v) is 24.1. The van der Waals surface area contributed by atoms with Crippen LogP contribution in [0, 0.1) is 0 Å². The van der Waals surface area contributed by atoms with Gasteiger partial charge in [0.05, 0.1) is 19.9 Å². The summed E-state index contributed by atoms with van der Waals surface area (Å²) in [6.07, 6.45) is 1.35. The molecule has 4 aromatic rings. The van der Waals surface area contributed by atoms with Gasteiger partial charge < -0.3 is 18.9 Å². The van der Waals surface area contributed by atoms with Crippen molar-refractivity contribution in [1.29, 1.82) is 0 Å². The van der Waals surface area contributed by atoms with Gasteiger partial charge in [0.1, 0.15) is 30.3 Å². The molecule has 0 spiro atoms. The molecule has 4 aromatic carbocycles. The average Bonchev–Trinajstić information content (AvgIpc) is 3.02. The Morgan fingerprint density at radius 1 is 0.744 bits per heavy atom. The van der Waals surface area contributed by atoms with E-state index in [1.807, 2.05) is 42.5 Å². The fraction of sp³-hybridized carbons (Fsp3) is 0.121. The van der Waals surface area contributed by atoms with E-state index in [1.165, 1.54) is 13.2 Å². The molecule has 0 aliphatic carbocycles. The second-order valence-corrected chi connectivity index (χ2v) is 9.82. The van der Waals surface area contributed by atoms with Crippen LogP contribution in [0.5, 0.6) is 23.0 Å². The number of hydrogen-bond acceptors (Lipinski definition) is 7. The SMILES string of the molecule is COc1ccc(N2C(=O)NC(=O)/C(=C\c3cc(Cl)ccc3OCc3ccc(OCc4ccccc4)c(OC)c3)C2=O)cc1. The van der Waals surface area contributed by atoms with Gasteiger partial charge in [-0.05, 0) is 71.8 Å². The van der Waals surface area contributed by atoms with E-state index >= 15 is 0 Å². The number of imide groups is 2. The molecule has 1 heterocycles. The van der Waals surface area contributed by atoms with E-state index in [1.54, 1.807) is 55.6 Å². The molecule has 0 bridgehead atoms. The Balaban J connectivity index is 1.35. The van der Waals surface area contributed by atoms with E-state index in [2.05, 4.69) is 5.32 Å². The first-order valence-electron chi connectivity index (χ1n) is 13.2. The highest BCUT2D eigenvalue weighted by atomic mass is 35.5. The van der Waals surface area contributed by atoms with Crippen LogP contribution in [0.25, 0.3) is 6.08 Å². The number of nitrogens with zero attached hydrogens (tertiary/aromatic N) is 1. The maximum absolute atomic E-state index is 13.4. The Kier molecular flexibility index (Phi) is 8.93. The summed E-state index contributed by atoms with van der Waals surface area (Å²) in [5.41, 5.74) is 2.21. The number of urea groups is 1. The summed E-state index contributed by atoms with van der Waals surface area (Å²) in [5, 5.41) is 2.58. The summed E-state index contributed by atoms with van der Waals surface area (Å²) >= 11 is 6.25. The van der Waals surface area contributed by atoms with Gasteiger partial charge in [-0.2, -0.15) is 0 Å². The van der Waals surface area contributed by atoms with Crippen LogP contribution in [-0.4, -0.2) is 32.1 Å². The molecule has 1 aliphatic rings. The van der Waals surface area contributed by atoms with Crippen LogP contribution >= 0.6 is 11.6 Å². The van der Waals surface area contributed by atoms with Crippen molar-refractivity contribution >= 4 is 41.2 Å². The Morgan fingerprint density at radius 3 is 2.16 bits per heavy atom. The number of methoxy groups -OCH3 is 2. The topological polar surface area (TPSA) is 103 Å². The van der Waals surface area contributed by atoms with Gasteiger partial charge in [0.2, 0.25) is 0 Å². The monoisotopic (exact) mass is 598 g/mol. The number of nitrogens with one attached hydrogen (secondary N) is 1. The molecule has 1 N–H and O–H groups in total. The molecular weight excluding hydrogens is 572 g/mol. The highest BCUT2D eigenvalue weighted by Crippen LogP contribution is 2.32. The molecule has 10 heteroatoms. The lowest BCUT2D eigenvalue weighted by Gasteiger charge is -2.26. The van der Waals surface area contributed by atoms with Crippen molar-refractivity contribution in [1.82, 2.24) is 5.32 Å². The van der Waals surface area contributed by atoms with Gasteiger partial charge in [0, 0.05) is 10.6 Å². The number of carbonyl (C=O) groups excluding carboxylic acids is 3. The van der Waals surface area contributed by atoms with Crippen LogP contribution in [0.1, 0.15) is 16.7 Å².